The van der Waals surface area contributed by atoms with Gasteiger partial charge in [0.1, 0.15) is 0 Å². The van der Waals surface area contributed by atoms with Crippen LogP contribution in [-0.2, 0) is 21.5 Å². The van der Waals surface area contributed by atoms with E-state index in [1.54, 1.807) is 12.1 Å². The zero-order valence-corrected chi connectivity index (χ0v) is 16.7. The van der Waals surface area contributed by atoms with Crippen molar-refractivity contribution < 1.29 is 31.1 Å². The van der Waals surface area contributed by atoms with Crippen LogP contribution in [0.25, 0.3) is 0 Å². The van der Waals surface area contributed by atoms with Gasteiger partial charge in [-0.2, -0.15) is 30.2 Å². The number of aromatic nitrogens is 1. The Balaban J connectivity index is 1.72. The van der Waals surface area contributed by atoms with Crippen LogP contribution in [-0.4, -0.2) is 74.2 Å². The Labute approximate surface area is 167 Å². The highest BCUT2D eigenvalue weighted by Gasteiger charge is 2.48. The second kappa shape index (κ2) is 9.13. The number of nitrogens with zero attached hydrogens (tertiary/aromatic N) is 3. The molecule has 0 radical (unpaired) electrons. The molecule has 0 aromatic carbocycles. The van der Waals surface area contributed by atoms with Crippen molar-refractivity contribution in [3.8, 4) is 5.88 Å². The fraction of sp³-hybridized carbons (Fsp3) is 0.706. The van der Waals surface area contributed by atoms with Gasteiger partial charge in [-0.1, -0.05) is 0 Å². The lowest BCUT2D eigenvalue weighted by Gasteiger charge is -2.40. The number of piperidine rings is 1. The van der Waals surface area contributed by atoms with E-state index in [4.69, 9.17) is 15.2 Å². The summed E-state index contributed by atoms with van der Waals surface area (Å²) in [7, 11) is -4.01. The number of alkyl halides is 3. The van der Waals surface area contributed by atoms with Gasteiger partial charge < -0.3 is 15.2 Å². The number of ether oxygens (including phenoxy) is 2. The molecule has 2 saturated heterocycles. The van der Waals surface area contributed by atoms with Gasteiger partial charge >= 0.3 is 6.18 Å². The van der Waals surface area contributed by atoms with Gasteiger partial charge in [0, 0.05) is 50.9 Å². The highest BCUT2D eigenvalue weighted by atomic mass is 32.2. The maximum atomic E-state index is 13.5. The van der Waals surface area contributed by atoms with Crippen LogP contribution in [0.2, 0.25) is 0 Å². The number of halogens is 3. The molecule has 0 saturated carbocycles. The lowest BCUT2D eigenvalue weighted by Crippen LogP contribution is -2.55. The van der Waals surface area contributed by atoms with Gasteiger partial charge in [0.25, 0.3) is 10.2 Å². The lowest BCUT2D eigenvalue weighted by atomic mass is 9.90. The number of nitrogens with two attached hydrogens (primary N) is 1. The van der Waals surface area contributed by atoms with Gasteiger partial charge in [0.2, 0.25) is 5.88 Å². The van der Waals surface area contributed by atoms with Crippen molar-refractivity contribution in [1.29, 1.82) is 0 Å². The molecular weight excluding hydrogens is 413 g/mol. The molecule has 2 aliphatic heterocycles. The fourth-order valence-electron chi connectivity index (χ4n) is 3.51. The molecular formula is C17H25F3N4O4S. The summed E-state index contributed by atoms with van der Waals surface area (Å²) in [5.41, 5.74) is 6.35. The van der Waals surface area contributed by atoms with E-state index in [1.165, 1.54) is 10.5 Å². The zero-order valence-electron chi connectivity index (χ0n) is 15.8. The summed E-state index contributed by atoms with van der Waals surface area (Å²) in [6, 6.07) is 3.33. The molecule has 2 atom stereocenters. The van der Waals surface area contributed by atoms with Crippen molar-refractivity contribution >= 4 is 10.2 Å². The first-order valence-electron chi connectivity index (χ1n) is 9.37. The quantitative estimate of drug-likeness (QED) is 0.712. The predicted molar refractivity (Wildman–Crippen MR) is 98.2 cm³/mol. The molecule has 164 valence electrons. The molecule has 8 nitrogen and oxygen atoms in total. The van der Waals surface area contributed by atoms with Crippen molar-refractivity contribution in [2.75, 3.05) is 46.0 Å². The second-order valence-corrected chi connectivity index (χ2v) is 9.12. The first kappa shape index (κ1) is 22.2. The fourth-order valence-corrected chi connectivity index (χ4v) is 5.21. The van der Waals surface area contributed by atoms with Crippen molar-refractivity contribution in [2.45, 2.75) is 19.1 Å². The van der Waals surface area contributed by atoms with E-state index in [1.807, 2.05) is 0 Å². The molecule has 29 heavy (non-hydrogen) atoms. The summed E-state index contributed by atoms with van der Waals surface area (Å²) in [5, 5.41) is 0. The minimum atomic E-state index is -4.49. The van der Waals surface area contributed by atoms with E-state index in [2.05, 4.69) is 4.98 Å². The molecule has 2 N–H and O–H groups in total. The van der Waals surface area contributed by atoms with Crippen LogP contribution >= 0.6 is 0 Å². The van der Waals surface area contributed by atoms with Crippen molar-refractivity contribution in [2.24, 2.45) is 17.6 Å². The molecule has 1 aromatic rings. The third kappa shape index (κ3) is 5.57. The summed E-state index contributed by atoms with van der Waals surface area (Å²) in [5.74, 6) is -2.11. The number of morpholine rings is 1. The highest BCUT2D eigenvalue weighted by molar-refractivity contribution is 7.86. The van der Waals surface area contributed by atoms with Crippen LogP contribution in [0.3, 0.4) is 0 Å². The van der Waals surface area contributed by atoms with Gasteiger partial charge in [0.05, 0.1) is 25.7 Å². The van der Waals surface area contributed by atoms with Crippen molar-refractivity contribution in [1.82, 2.24) is 13.6 Å². The summed E-state index contributed by atoms with van der Waals surface area (Å²) >= 11 is 0. The van der Waals surface area contributed by atoms with E-state index in [9.17, 15) is 21.6 Å². The van der Waals surface area contributed by atoms with Gasteiger partial charge in [-0.15, -0.1) is 0 Å². The van der Waals surface area contributed by atoms with Gasteiger partial charge in [-0.05, 0) is 18.1 Å². The van der Waals surface area contributed by atoms with E-state index in [0.717, 1.165) is 9.87 Å². The summed E-state index contributed by atoms with van der Waals surface area (Å²) in [6.07, 6.45) is -3.18. The molecule has 0 amide bonds. The summed E-state index contributed by atoms with van der Waals surface area (Å²) < 4.78 is 79.0. The van der Waals surface area contributed by atoms with E-state index < -0.39 is 34.8 Å². The average Bonchev–Trinajstić information content (AvgIpc) is 2.72. The number of hydrogen-bond acceptors (Lipinski definition) is 6. The Morgan fingerprint density at radius 1 is 1.24 bits per heavy atom. The molecule has 2 fully saturated rings. The Morgan fingerprint density at radius 2 is 1.97 bits per heavy atom. The van der Waals surface area contributed by atoms with E-state index >= 15 is 0 Å². The molecule has 2 unspecified atom stereocenters. The van der Waals surface area contributed by atoms with Crippen molar-refractivity contribution in [3.63, 3.8) is 0 Å². The molecule has 3 heterocycles. The topological polar surface area (TPSA) is 98.0 Å². The maximum absolute atomic E-state index is 13.5. The van der Waals surface area contributed by atoms with Crippen LogP contribution in [0.5, 0.6) is 5.88 Å². The maximum Gasteiger partial charge on any atom is 0.393 e. The normalized spacial score (nSPS) is 25.1. The molecule has 0 spiro atoms. The Kier molecular flexibility index (Phi) is 6.99. The van der Waals surface area contributed by atoms with Gasteiger partial charge in [0.15, 0.2) is 0 Å². The Bertz CT molecular complexity index is 787. The molecule has 0 bridgehead atoms. The lowest BCUT2D eigenvalue weighted by molar-refractivity contribution is -0.188. The SMILES string of the molecule is NCc1ccnc(OCC2CC(C(F)(F)F)CN(S(=O)(=O)N3CCOCC3)C2)c1. The minimum Gasteiger partial charge on any atom is -0.477 e. The van der Waals surface area contributed by atoms with Gasteiger partial charge in [-0.25, -0.2) is 4.98 Å². The minimum absolute atomic E-state index is 0.0388. The Morgan fingerprint density at radius 3 is 2.62 bits per heavy atom. The van der Waals surface area contributed by atoms with Crippen molar-refractivity contribution in [3.05, 3.63) is 23.9 Å². The molecule has 1 aromatic heterocycles. The third-order valence-corrected chi connectivity index (χ3v) is 7.06. The highest BCUT2D eigenvalue weighted by Crippen LogP contribution is 2.37. The molecule has 0 aliphatic carbocycles. The largest absolute Gasteiger partial charge is 0.477 e. The third-order valence-electron chi connectivity index (χ3n) is 5.09. The number of pyridine rings is 1. The Hall–Kier alpha value is -1.47. The van der Waals surface area contributed by atoms with Gasteiger partial charge in [-0.3, -0.25) is 0 Å². The predicted octanol–water partition coefficient (Wildman–Crippen LogP) is 0.997. The molecule has 3 rings (SSSR count). The van der Waals surface area contributed by atoms with Crippen LogP contribution in [0.1, 0.15) is 12.0 Å². The smallest absolute Gasteiger partial charge is 0.393 e. The van der Waals surface area contributed by atoms with Crippen LogP contribution in [0, 0.1) is 11.8 Å². The monoisotopic (exact) mass is 438 g/mol. The first-order chi connectivity index (χ1) is 13.7. The number of hydrogen-bond donors (Lipinski definition) is 1. The zero-order chi connectivity index (χ0) is 21.1. The van der Waals surface area contributed by atoms with Crippen LogP contribution < -0.4 is 10.5 Å². The molecule has 2 aliphatic rings. The first-order valence-corrected chi connectivity index (χ1v) is 10.8. The van der Waals surface area contributed by atoms with E-state index in [-0.39, 0.29) is 58.3 Å². The second-order valence-electron chi connectivity index (χ2n) is 7.19. The summed E-state index contributed by atoms with van der Waals surface area (Å²) in [4.78, 5) is 4.03. The summed E-state index contributed by atoms with van der Waals surface area (Å²) in [6.45, 7) is 0.312. The van der Waals surface area contributed by atoms with Crippen LogP contribution in [0.4, 0.5) is 13.2 Å². The van der Waals surface area contributed by atoms with Crippen LogP contribution in [0.15, 0.2) is 18.3 Å². The number of rotatable bonds is 6. The van der Waals surface area contributed by atoms with E-state index in [0.29, 0.717) is 0 Å². The molecule has 12 heteroatoms. The average molecular weight is 438 g/mol. The standard InChI is InChI=1S/C17H25F3N4O4S/c18-17(19,20)15-7-14(12-28-16-8-13(9-21)1-2-22-16)10-24(11-15)29(25,26)23-3-5-27-6-4-23/h1-2,8,14-15H,3-7,9-12,21H2.